The minimum Gasteiger partial charge on any atom is -0.492 e. The normalized spacial score (nSPS) is 15.9. The van der Waals surface area contributed by atoms with Crippen LogP contribution in [0.5, 0.6) is 5.75 Å². The maximum absolute atomic E-state index is 13.2. The summed E-state index contributed by atoms with van der Waals surface area (Å²) in [6, 6.07) is 21.8. The van der Waals surface area contributed by atoms with Crippen LogP contribution >= 0.6 is 11.6 Å². The van der Waals surface area contributed by atoms with Gasteiger partial charge in [0, 0.05) is 32.0 Å². The van der Waals surface area contributed by atoms with Crippen molar-refractivity contribution in [2.24, 2.45) is 0 Å². The third-order valence-electron chi connectivity index (χ3n) is 6.17. The second-order valence-corrected chi connectivity index (χ2v) is 8.95. The molecule has 0 saturated carbocycles. The number of para-hydroxylation sites is 3. The number of amides is 1. The number of carbonyl (C=O) groups excluding carboxylic acids is 1. The average molecular weight is 478 g/mol. The molecule has 1 amide bonds. The van der Waals surface area contributed by atoms with Gasteiger partial charge in [-0.2, -0.15) is 0 Å². The maximum atomic E-state index is 13.2. The van der Waals surface area contributed by atoms with E-state index < -0.39 is 0 Å². The van der Waals surface area contributed by atoms with E-state index in [0.29, 0.717) is 36.9 Å². The molecule has 4 aromatic rings. The van der Waals surface area contributed by atoms with Gasteiger partial charge in [0.1, 0.15) is 17.4 Å². The molecule has 1 aliphatic heterocycles. The van der Waals surface area contributed by atoms with E-state index in [2.05, 4.69) is 10.6 Å². The Hall–Kier alpha value is -3.38. The fourth-order valence-electron chi connectivity index (χ4n) is 4.52. The van der Waals surface area contributed by atoms with Gasteiger partial charge in [0.15, 0.2) is 0 Å². The van der Waals surface area contributed by atoms with Crippen LogP contribution in [-0.4, -0.2) is 33.5 Å². The fraction of sp³-hybridized carbons (Fsp3) is 0.259. The van der Waals surface area contributed by atoms with Crippen molar-refractivity contribution in [3.8, 4) is 5.75 Å². The lowest BCUT2D eigenvalue weighted by Crippen LogP contribution is -2.24. The number of hydrogen-bond donors (Lipinski definition) is 0. The minimum atomic E-state index is -0.276. The largest absolute Gasteiger partial charge is 0.492 e. The summed E-state index contributed by atoms with van der Waals surface area (Å²) >= 11 is 6.19. The summed E-state index contributed by atoms with van der Waals surface area (Å²) in [6.45, 7) is 2.32. The number of rotatable bonds is 8. The summed E-state index contributed by atoms with van der Waals surface area (Å²) in [4.78, 5) is 19.5. The Bertz CT molecular complexity index is 1300. The van der Waals surface area contributed by atoms with Crippen LogP contribution < -0.4 is 4.74 Å². The lowest BCUT2D eigenvalue weighted by molar-refractivity contribution is -0.128. The molecule has 1 atom stereocenters. The van der Waals surface area contributed by atoms with Gasteiger partial charge < -0.3 is 14.2 Å². The highest BCUT2D eigenvalue weighted by molar-refractivity contribution is 6.32. The van der Waals surface area contributed by atoms with Crippen LogP contribution in [0.25, 0.3) is 11.0 Å². The number of likely N-dealkylation sites (tertiary alicyclic amines) is 1. The fourth-order valence-corrected chi connectivity index (χ4v) is 4.71. The molecule has 2 heterocycles. The third-order valence-corrected chi connectivity index (χ3v) is 6.48. The molecule has 5 rings (SSSR count). The summed E-state index contributed by atoms with van der Waals surface area (Å²) in [7, 11) is 0. The first-order valence-corrected chi connectivity index (χ1v) is 11.8. The van der Waals surface area contributed by atoms with Gasteiger partial charge in [-0.25, -0.2) is 9.37 Å². The second kappa shape index (κ2) is 9.85. The first kappa shape index (κ1) is 22.4. The van der Waals surface area contributed by atoms with Crippen LogP contribution in [0.4, 0.5) is 4.39 Å². The first-order valence-electron chi connectivity index (χ1n) is 11.4. The van der Waals surface area contributed by atoms with Gasteiger partial charge in [-0.3, -0.25) is 4.79 Å². The van der Waals surface area contributed by atoms with E-state index in [1.165, 1.54) is 12.1 Å². The molecular weight excluding hydrogens is 453 g/mol. The van der Waals surface area contributed by atoms with Crippen LogP contribution in [0.1, 0.15) is 30.1 Å². The summed E-state index contributed by atoms with van der Waals surface area (Å²) in [5, 5.41) is 0.599. The number of ether oxygens (including phenoxy) is 1. The van der Waals surface area contributed by atoms with E-state index in [1.54, 1.807) is 12.1 Å². The van der Waals surface area contributed by atoms with Crippen molar-refractivity contribution < 1.29 is 13.9 Å². The number of aryl methyl sites for hydroxylation is 1. The van der Waals surface area contributed by atoms with Crippen LogP contribution in [0.2, 0.25) is 5.02 Å². The number of benzene rings is 3. The van der Waals surface area contributed by atoms with Crippen molar-refractivity contribution >= 4 is 28.5 Å². The smallest absolute Gasteiger partial charge is 0.223 e. The summed E-state index contributed by atoms with van der Waals surface area (Å²) < 4.78 is 21.3. The molecule has 34 heavy (non-hydrogen) atoms. The second-order valence-electron chi connectivity index (χ2n) is 8.54. The van der Waals surface area contributed by atoms with E-state index in [0.717, 1.165) is 35.4 Å². The zero-order valence-corrected chi connectivity index (χ0v) is 19.4. The summed E-state index contributed by atoms with van der Waals surface area (Å²) in [5.74, 6) is 1.42. The topological polar surface area (TPSA) is 47.4 Å². The van der Waals surface area contributed by atoms with E-state index >= 15 is 0 Å². The van der Waals surface area contributed by atoms with E-state index in [9.17, 15) is 9.18 Å². The lowest BCUT2D eigenvalue weighted by atomic mass is 10.1. The summed E-state index contributed by atoms with van der Waals surface area (Å²) in [5.41, 5.74) is 2.90. The molecule has 1 saturated heterocycles. The van der Waals surface area contributed by atoms with E-state index in [4.69, 9.17) is 21.3 Å². The minimum absolute atomic E-state index is 0.00448. The Kier molecular flexibility index (Phi) is 6.50. The predicted octanol–water partition coefficient (Wildman–Crippen LogP) is 5.81. The Balaban J connectivity index is 1.31. The zero-order valence-electron chi connectivity index (χ0n) is 18.7. The predicted molar refractivity (Wildman–Crippen MR) is 130 cm³/mol. The van der Waals surface area contributed by atoms with Gasteiger partial charge in [-0.05, 0) is 48.4 Å². The van der Waals surface area contributed by atoms with Crippen molar-refractivity contribution in [2.45, 2.75) is 31.8 Å². The molecule has 7 heteroatoms. The van der Waals surface area contributed by atoms with Gasteiger partial charge in [-0.15, -0.1) is 0 Å². The molecule has 0 bridgehead atoms. The molecule has 3 aromatic carbocycles. The Labute approximate surface area is 202 Å². The molecule has 1 aliphatic rings. The van der Waals surface area contributed by atoms with Crippen LogP contribution in [0.15, 0.2) is 72.8 Å². The third kappa shape index (κ3) is 4.77. The standard InChI is InChI=1S/C27H25ClFN3O2/c28-22-6-1-4-9-25(22)34-15-5-14-32-24-8-3-2-7-23(24)30-27(32)20-16-26(33)31(18-20)17-19-10-12-21(29)13-11-19/h1-4,6-13,20H,5,14-18H2. The Morgan fingerprint density at radius 2 is 1.79 bits per heavy atom. The number of nitrogens with zero attached hydrogens (tertiary/aromatic N) is 3. The van der Waals surface area contributed by atoms with Crippen molar-refractivity contribution in [2.75, 3.05) is 13.2 Å². The van der Waals surface area contributed by atoms with Gasteiger partial charge >= 0.3 is 0 Å². The number of halogens is 2. The number of hydrogen-bond acceptors (Lipinski definition) is 3. The maximum Gasteiger partial charge on any atom is 0.223 e. The highest BCUT2D eigenvalue weighted by atomic mass is 35.5. The van der Waals surface area contributed by atoms with Crippen LogP contribution in [-0.2, 0) is 17.9 Å². The van der Waals surface area contributed by atoms with Crippen LogP contribution in [0, 0.1) is 5.82 Å². The zero-order chi connectivity index (χ0) is 23.5. The lowest BCUT2D eigenvalue weighted by Gasteiger charge is -2.17. The SMILES string of the molecule is O=C1CC(c2nc3ccccc3n2CCCOc2ccccc2Cl)CN1Cc1ccc(F)cc1. The molecule has 0 N–H and O–H groups in total. The molecule has 5 nitrogen and oxygen atoms in total. The molecule has 0 aliphatic carbocycles. The van der Waals surface area contributed by atoms with E-state index in [-0.39, 0.29) is 17.6 Å². The van der Waals surface area contributed by atoms with Gasteiger partial charge in [0.05, 0.1) is 22.7 Å². The van der Waals surface area contributed by atoms with Crippen LogP contribution in [0.3, 0.4) is 0 Å². The molecule has 0 radical (unpaired) electrons. The number of carbonyl (C=O) groups is 1. The highest BCUT2D eigenvalue weighted by Gasteiger charge is 2.34. The van der Waals surface area contributed by atoms with Crippen molar-refractivity contribution in [1.82, 2.24) is 14.5 Å². The first-order chi connectivity index (χ1) is 16.6. The number of aromatic nitrogens is 2. The molecule has 174 valence electrons. The van der Waals surface area contributed by atoms with Gasteiger partial charge in [0.2, 0.25) is 5.91 Å². The quantitative estimate of drug-likeness (QED) is 0.301. The molecular formula is C27H25ClFN3O2. The number of imidazole rings is 1. The Morgan fingerprint density at radius 3 is 2.62 bits per heavy atom. The molecule has 1 unspecified atom stereocenters. The molecule has 0 spiro atoms. The van der Waals surface area contributed by atoms with Crippen molar-refractivity contribution in [3.63, 3.8) is 0 Å². The monoisotopic (exact) mass is 477 g/mol. The van der Waals surface area contributed by atoms with Gasteiger partial charge in [-0.1, -0.05) is 48.0 Å². The molecule has 1 fully saturated rings. The number of fused-ring (bicyclic) bond motifs is 1. The Morgan fingerprint density at radius 1 is 1.03 bits per heavy atom. The van der Waals surface area contributed by atoms with Gasteiger partial charge in [0.25, 0.3) is 0 Å². The molecule has 1 aromatic heterocycles. The highest BCUT2D eigenvalue weighted by Crippen LogP contribution is 2.31. The van der Waals surface area contributed by atoms with Crippen molar-refractivity contribution in [1.29, 1.82) is 0 Å². The summed E-state index contributed by atoms with van der Waals surface area (Å²) in [6.07, 6.45) is 1.19. The van der Waals surface area contributed by atoms with E-state index in [1.807, 2.05) is 47.4 Å². The average Bonchev–Trinajstić information content (AvgIpc) is 3.39. The van der Waals surface area contributed by atoms with Crippen molar-refractivity contribution in [3.05, 3.63) is 95.0 Å².